The Morgan fingerprint density at radius 1 is 0.811 bits per heavy atom. The lowest BCUT2D eigenvalue weighted by molar-refractivity contribution is -0.143. The van der Waals surface area contributed by atoms with Crippen LogP contribution in [0.15, 0.2) is 24.3 Å². The van der Waals surface area contributed by atoms with Gasteiger partial charge < -0.3 is 31.5 Å². The van der Waals surface area contributed by atoms with Crippen molar-refractivity contribution in [2.75, 3.05) is 12.4 Å². The first-order valence-corrected chi connectivity index (χ1v) is 11.8. The van der Waals surface area contributed by atoms with Gasteiger partial charge in [0.05, 0.1) is 0 Å². The Balaban J connectivity index is 2.71. The molecule has 0 heterocycles. The summed E-state index contributed by atoms with van der Waals surface area (Å²) in [6, 6.07) is 2.91. The summed E-state index contributed by atoms with van der Waals surface area (Å²) in [6.07, 6.45) is -0.725. The second kappa shape index (κ2) is 15.9. The molecule has 0 bridgehead atoms. The number of carbonyl (C=O) groups excluding carboxylic acids is 4. The van der Waals surface area contributed by atoms with Crippen molar-refractivity contribution >= 4 is 41.3 Å². The van der Waals surface area contributed by atoms with Crippen LogP contribution in [-0.2, 0) is 35.2 Å². The molecule has 1 aromatic carbocycles. The first kappa shape index (κ1) is 31.0. The summed E-state index contributed by atoms with van der Waals surface area (Å²) in [5.74, 6) is -5.37. The van der Waals surface area contributed by atoms with Crippen LogP contribution in [0.2, 0.25) is 0 Å². The minimum atomic E-state index is -1.45. The zero-order valence-electron chi connectivity index (χ0n) is 20.8. The van der Waals surface area contributed by atoms with Crippen LogP contribution < -0.4 is 27.0 Å². The smallest absolute Gasteiger partial charge is 0.326 e. The Morgan fingerprint density at radius 3 is 1.92 bits per heavy atom. The number of carboxylic acids is 2. The highest BCUT2D eigenvalue weighted by molar-refractivity contribution is 5.93. The lowest BCUT2D eigenvalue weighted by atomic mass is 10.1. The van der Waals surface area contributed by atoms with Crippen LogP contribution in [0.4, 0.5) is 5.69 Å². The van der Waals surface area contributed by atoms with Gasteiger partial charge in [0.1, 0.15) is 18.1 Å². The van der Waals surface area contributed by atoms with Crippen LogP contribution in [0, 0.1) is 0 Å². The van der Waals surface area contributed by atoms with E-state index in [1.54, 1.807) is 12.1 Å². The van der Waals surface area contributed by atoms with E-state index in [-0.39, 0.29) is 32.1 Å². The molecule has 203 valence electrons. The van der Waals surface area contributed by atoms with Gasteiger partial charge >= 0.3 is 11.9 Å². The molecule has 13 heteroatoms. The summed E-state index contributed by atoms with van der Waals surface area (Å²) in [4.78, 5) is 71.2. The molecule has 13 nitrogen and oxygen atoms in total. The number of amides is 4. The van der Waals surface area contributed by atoms with E-state index in [0.29, 0.717) is 5.69 Å². The number of aryl methyl sites for hydroxylation is 1. The van der Waals surface area contributed by atoms with Crippen molar-refractivity contribution in [1.29, 1.82) is 0 Å². The lowest BCUT2D eigenvalue weighted by Crippen LogP contribution is -2.53. The molecular weight excluding hydrogens is 486 g/mol. The van der Waals surface area contributed by atoms with E-state index < -0.39 is 60.1 Å². The molecule has 0 saturated carbocycles. The molecule has 1 aromatic rings. The first-order chi connectivity index (χ1) is 17.5. The molecule has 0 fully saturated rings. The maximum Gasteiger partial charge on any atom is 0.326 e. The van der Waals surface area contributed by atoms with Gasteiger partial charge in [0.25, 0.3) is 0 Å². The fourth-order valence-electron chi connectivity index (χ4n) is 3.19. The molecule has 4 amide bonds. The number of hydrogen-bond donors (Lipinski definition) is 6. The Morgan fingerprint density at radius 2 is 1.38 bits per heavy atom. The van der Waals surface area contributed by atoms with Crippen molar-refractivity contribution < 1.29 is 39.0 Å². The van der Waals surface area contributed by atoms with Gasteiger partial charge in [0.2, 0.25) is 23.6 Å². The molecular formula is C24H34N5O8. The highest BCUT2D eigenvalue weighted by atomic mass is 16.4. The molecule has 7 N–H and O–H groups in total. The van der Waals surface area contributed by atoms with Gasteiger partial charge in [0, 0.05) is 32.0 Å². The summed E-state index contributed by atoms with van der Waals surface area (Å²) in [7, 11) is 1.37. The second-order valence-electron chi connectivity index (χ2n) is 8.29. The SMILES string of the molecule is CCc1ccc(NC(=O)CCC([NH])C(=O)NC(CCC(=O)O)C(=O)NC(CCC(=O)NC)C(=O)O)cc1. The zero-order chi connectivity index (χ0) is 28.0. The molecule has 3 atom stereocenters. The zero-order valence-corrected chi connectivity index (χ0v) is 20.8. The number of carbonyl (C=O) groups is 6. The molecule has 1 rings (SSSR count). The normalized spacial score (nSPS) is 12.9. The van der Waals surface area contributed by atoms with Crippen LogP contribution in [0.25, 0.3) is 0 Å². The van der Waals surface area contributed by atoms with E-state index in [4.69, 9.17) is 10.8 Å². The summed E-state index contributed by atoms with van der Waals surface area (Å²) in [5, 5.41) is 27.8. The second-order valence-corrected chi connectivity index (χ2v) is 8.29. The average molecular weight is 521 g/mol. The van der Waals surface area contributed by atoms with Crippen molar-refractivity contribution in [1.82, 2.24) is 21.7 Å². The third-order valence-electron chi connectivity index (χ3n) is 5.46. The first-order valence-electron chi connectivity index (χ1n) is 11.8. The third-order valence-corrected chi connectivity index (χ3v) is 5.46. The van der Waals surface area contributed by atoms with E-state index >= 15 is 0 Å². The summed E-state index contributed by atoms with van der Waals surface area (Å²) >= 11 is 0. The van der Waals surface area contributed by atoms with Gasteiger partial charge in [-0.1, -0.05) is 19.1 Å². The molecule has 0 aliphatic carbocycles. The van der Waals surface area contributed by atoms with E-state index in [9.17, 15) is 33.9 Å². The van der Waals surface area contributed by atoms with Crippen molar-refractivity contribution in [3.05, 3.63) is 29.8 Å². The lowest BCUT2D eigenvalue weighted by Gasteiger charge is -2.22. The molecule has 0 aliphatic heterocycles. The summed E-state index contributed by atoms with van der Waals surface area (Å²) < 4.78 is 0. The van der Waals surface area contributed by atoms with Crippen molar-refractivity contribution in [3.63, 3.8) is 0 Å². The fraction of sp³-hybridized carbons (Fsp3) is 0.500. The average Bonchev–Trinajstić information content (AvgIpc) is 2.86. The minimum Gasteiger partial charge on any atom is -0.481 e. The van der Waals surface area contributed by atoms with Gasteiger partial charge in [0.15, 0.2) is 0 Å². The number of aliphatic carboxylic acids is 2. The predicted molar refractivity (Wildman–Crippen MR) is 132 cm³/mol. The Kier molecular flexibility index (Phi) is 13.3. The molecule has 0 aliphatic rings. The number of anilines is 1. The molecule has 37 heavy (non-hydrogen) atoms. The van der Waals surface area contributed by atoms with Gasteiger partial charge in [-0.2, -0.15) is 0 Å². The molecule has 0 spiro atoms. The number of benzene rings is 1. The van der Waals surface area contributed by atoms with Gasteiger partial charge in [-0.3, -0.25) is 24.0 Å². The fourth-order valence-corrected chi connectivity index (χ4v) is 3.19. The number of carboxylic acid groups (broad SMARTS) is 2. The standard InChI is InChI=1S/C24H34N5O8/c1-3-14-4-6-15(7-5-14)27-20(31)11-8-16(25)22(34)28-17(10-13-21(32)33)23(35)29-18(24(36)37)9-12-19(30)26-2/h4-7,16-18,25H,3,8-13H2,1-2H3,(H,26,30)(H,27,31)(H,28,34)(H,29,35)(H,32,33)(H,36,37). The number of nitrogens with one attached hydrogen (secondary N) is 5. The van der Waals surface area contributed by atoms with Gasteiger partial charge in [-0.05, 0) is 43.4 Å². The predicted octanol–water partition coefficient (Wildman–Crippen LogP) is 0.0644. The van der Waals surface area contributed by atoms with E-state index in [1.807, 2.05) is 19.1 Å². The molecule has 3 unspecified atom stereocenters. The van der Waals surface area contributed by atoms with Crippen LogP contribution in [-0.4, -0.2) is 71.0 Å². The minimum absolute atomic E-state index is 0.149. The van der Waals surface area contributed by atoms with Crippen molar-refractivity contribution in [2.24, 2.45) is 0 Å². The number of rotatable bonds is 16. The monoisotopic (exact) mass is 520 g/mol. The van der Waals surface area contributed by atoms with Gasteiger partial charge in [-0.15, -0.1) is 0 Å². The summed E-state index contributed by atoms with van der Waals surface area (Å²) in [5.41, 5.74) is 9.69. The molecule has 0 saturated heterocycles. The quantitative estimate of drug-likeness (QED) is 0.175. The van der Waals surface area contributed by atoms with E-state index in [2.05, 4.69) is 21.3 Å². The van der Waals surface area contributed by atoms with Crippen LogP contribution in [0.1, 0.15) is 51.0 Å². The van der Waals surface area contributed by atoms with E-state index in [0.717, 1.165) is 12.0 Å². The molecule has 1 radical (unpaired) electrons. The third kappa shape index (κ3) is 12.0. The summed E-state index contributed by atoms with van der Waals surface area (Å²) in [6.45, 7) is 2.00. The Hall–Kier alpha value is -4.00. The highest BCUT2D eigenvalue weighted by Gasteiger charge is 2.29. The van der Waals surface area contributed by atoms with Crippen LogP contribution >= 0.6 is 0 Å². The van der Waals surface area contributed by atoms with Crippen LogP contribution in [0.5, 0.6) is 0 Å². The topological polar surface area (TPSA) is 215 Å². The van der Waals surface area contributed by atoms with Crippen molar-refractivity contribution in [2.45, 2.75) is 70.0 Å². The number of hydrogen-bond acceptors (Lipinski definition) is 6. The largest absolute Gasteiger partial charge is 0.481 e. The maximum atomic E-state index is 12.6. The maximum absolute atomic E-state index is 12.6. The van der Waals surface area contributed by atoms with E-state index in [1.165, 1.54) is 7.05 Å². The highest BCUT2D eigenvalue weighted by Crippen LogP contribution is 2.11. The molecule has 0 aromatic heterocycles. The van der Waals surface area contributed by atoms with Crippen LogP contribution in [0.3, 0.4) is 0 Å². The van der Waals surface area contributed by atoms with Crippen molar-refractivity contribution in [3.8, 4) is 0 Å². The van der Waals surface area contributed by atoms with Gasteiger partial charge in [-0.25, -0.2) is 10.5 Å². The Bertz CT molecular complexity index is 966. The Labute approximate surface area is 214 Å².